The molecule has 4 nitrogen and oxygen atoms in total. The van der Waals surface area contributed by atoms with Crippen LogP contribution < -0.4 is 0 Å². The Morgan fingerprint density at radius 3 is 2.89 bits per heavy atom. The fourth-order valence-electron chi connectivity index (χ4n) is 2.25. The van der Waals surface area contributed by atoms with Crippen molar-refractivity contribution >= 4 is 22.1 Å². The standard InChI is InChI=1S/C14H9FN4/c15-10-4-2-1-3-8(10)14-18-11-7-17-13-9(5-6-16-13)12(11)19-14/h1-7H,(H,16,17)(H,18,19). The summed E-state index contributed by atoms with van der Waals surface area (Å²) >= 11 is 0. The fraction of sp³-hybridized carbons (Fsp3) is 0. The number of aromatic amines is 2. The molecule has 0 saturated heterocycles. The van der Waals surface area contributed by atoms with Gasteiger partial charge in [0.2, 0.25) is 0 Å². The number of H-pyrrole nitrogens is 2. The predicted octanol–water partition coefficient (Wildman–Crippen LogP) is 3.25. The summed E-state index contributed by atoms with van der Waals surface area (Å²) in [4.78, 5) is 14.9. The number of pyridine rings is 1. The third-order valence-electron chi connectivity index (χ3n) is 3.16. The van der Waals surface area contributed by atoms with E-state index in [0.717, 1.165) is 22.1 Å². The minimum Gasteiger partial charge on any atom is -0.346 e. The van der Waals surface area contributed by atoms with Gasteiger partial charge in [-0.25, -0.2) is 14.4 Å². The average molecular weight is 252 g/mol. The average Bonchev–Trinajstić information content (AvgIpc) is 3.04. The van der Waals surface area contributed by atoms with E-state index in [4.69, 9.17) is 0 Å². The van der Waals surface area contributed by atoms with E-state index in [2.05, 4.69) is 19.9 Å². The van der Waals surface area contributed by atoms with Gasteiger partial charge >= 0.3 is 0 Å². The number of nitrogens with zero attached hydrogens (tertiary/aromatic N) is 2. The summed E-state index contributed by atoms with van der Waals surface area (Å²) in [6.07, 6.45) is 3.51. The second-order valence-electron chi connectivity index (χ2n) is 4.33. The van der Waals surface area contributed by atoms with Crippen molar-refractivity contribution < 1.29 is 4.39 Å². The molecular formula is C14H9FN4. The van der Waals surface area contributed by atoms with Crippen LogP contribution in [0.2, 0.25) is 0 Å². The Morgan fingerprint density at radius 1 is 1.11 bits per heavy atom. The molecule has 2 N–H and O–H groups in total. The molecule has 3 heterocycles. The Morgan fingerprint density at radius 2 is 2.00 bits per heavy atom. The van der Waals surface area contributed by atoms with Crippen LogP contribution in [-0.4, -0.2) is 19.9 Å². The van der Waals surface area contributed by atoms with Crippen molar-refractivity contribution in [3.8, 4) is 11.4 Å². The molecule has 0 saturated carbocycles. The number of hydrogen-bond donors (Lipinski definition) is 2. The molecule has 0 aliphatic carbocycles. The second kappa shape index (κ2) is 3.65. The maximum Gasteiger partial charge on any atom is 0.141 e. The Balaban J connectivity index is 2.04. The monoisotopic (exact) mass is 252 g/mol. The van der Waals surface area contributed by atoms with Crippen LogP contribution in [0.1, 0.15) is 0 Å². The van der Waals surface area contributed by atoms with Gasteiger partial charge in [0.05, 0.1) is 17.3 Å². The lowest BCUT2D eigenvalue weighted by Crippen LogP contribution is -1.84. The summed E-state index contributed by atoms with van der Waals surface area (Å²) in [5.41, 5.74) is 2.83. The fourth-order valence-corrected chi connectivity index (χ4v) is 2.25. The van der Waals surface area contributed by atoms with Gasteiger partial charge < -0.3 is 9.97 Å². The molecule has 4 aromatic rings. The smallest absolute Gasteiger partial charge is 0.141 e. The number of aromatic nitrogens is 4. The van der Waals surface area contributed by atoms with E-state index >= 15 is 0 Å². The molecule has 19 heavy (non-hydrogen) atoms. The van der Waals surface area contributed by atoms with E-state index in [1.165, 1.54) is 6.07 Å². The van der Waals surface area contributed by atoms with Gasteiger partial charge in [0, 0.05) is 11.6 Å². The number of fused-ring (bicyclic) bond motifs is 3. The van der Waals surface area contributed by atoms with Crippen molar-refractivity contribution in [1.29, 1.82) is 0 Å². The summed E-state index contributed by atoms with van der Waals surface area (Å²) in [7, 11) is 0. The van der Waals surface area contributed by atoms with Crippen LogP contribution in [0.25, 0.3) is 33.5 Å². The molecule has 5 heteroatoms. The SMILES string of the molecule is Fc1ccccc1-c1nc2c(cnc3[nH]ccc32)[nH]1. The summed E-state index contributed by atoms with van der Waals surface area (Å²) in [6, 6.07) is 8.49. The maximum atomic E-state index is 13.8. The molecule has 0 aliphatic heterocycles. The van der Waals surface area contributed by atoms with Crippen LogP contribution in [0.15, 0.2) is 42.7 Å². The van der Waals surface area contributed by atoms with Crippen molar-refractivity contribution in [3.05, 3.63) is 48.5 Å². The first-order valence-corrected chi connectivity index (χ1v) is 5.89. The van der Waals surface area contributed by atoms with Gasteiger partial charge in [-0.2, -0.15) is 0 Å². The Bertz CT molecular complexity index is 891. The summed E-state index contributed by atoms with van der Waals surface area (Å²) < 4.78 is 13.8. The van der Waals surface area contributed by atoms with Gasteiger partial charge in [-0.05, 0) is 18.2 Å². The normalized spacial score (nSPS) is 11.4. The predicted molar refractivity (Wildman–Crippen MR) is 71.1 cm³/mol. The van der Waals surface area contributed by atoms with Crippen LogP contribution in [0, 0.1) is 5.82 Å². The second-order valence-corrected chi connectivity index (χ2v) is 4.33. The number of hydrogen-bond acceptors (Lipinski definition) is 2. The van der Waals surface area contributed by atoms with Gasteiger partial charge in [0.1, 0.15) is 22.8 Å². The quantitative estimate of drug-likeness (QED) is 0.546. The molecule has 3 aromatic heterocycles. The van der Waals surface area contributed by atoms with Crippen molar-refractivity contribution in [3.63, 3.8) is 0 Å². The third-order valence-corrected chi connectivity index (χ3v) is 3.16. The zero-order valence-corrected chi connectivity index (χ0v) is 9.81. The van der Waals surface area contributed by atoms with Gasteiger partial charge in [-0.1, -0.05) is 12.1 Å². The first-order valence-electron chi connectivity index (χ1n) is 5.89. The topological polar surface area (TPSA) is 57.4 Å². The molecule has 0 bridgehead atoms. The highest BCUT2D eigenvalue weighted by Crippen LogP contribution is 2.26. The van der Waals surface area contributed by atoms with E-state index in [1.54, 1.807) is 24.4 Å². The lowest BCUT2D eigenvalue weighted by atomic mass is 10.2. The van der Waals surface area contributed by atoms with Crippen LogP contribution in [0.4, 0.5) is 4.39 Å². The van der Waals surface area contributed by atoms with Crippen LogP contribution in [-0.2, 0) is 0 Å². The van der Waals surface area contributed by atoms with Crippen molar-refractivity contribution in [2.75, 3.05) is 0 Å². The van der Waals surface area contributed by atoms with Gasteiger partial charge in [-0.3, -0.25) is 0 Å². The first-order chi connectivity index (χ1) is 9.33. The molecule has 1 aromatic carbocycles. The van der Waals surface area contributed by atoms with E-state index in [9.17, 15) is 4.39 Å². The molecule has 0 spiro atoms. The van der Waals surface area contributed by atoms with Crippen LogP contribution in [0.5, 0.6) is 0 Å². The minimum absolute atomic E-state index is 0.292. The van der Waals surface area contributed by atoms with E-state index < -0.39 is 0 Å². The Hall–Kier alpha value is -2.69. The minimum atomic E-state index is -0.292. The number of rotatable bonds is 1. The Kier molecular flexibility index (Phi) is 1.97. The molecule has 0 aliphatic rings. The van der Waals surface area contributed by atoms with Crippen molar-refractivity contribution in [2.45, 2.75) is 0 Å². The highest BCUT2D eigenvalue weighted by molar-refractivity contribution is 6.01. The van der Waals surface area contributed by atoms with Gasteiger partial charge in [0.25, 0.3) is 0 Å². The van der Waals surface area contributed by atoms with Gasteiger partial charge in [0.15, 0.2) is 0 Å². The lowest BCUT2D eigenvalue weighted by molar-refractivity contribution is 0.630. The highest BCUT2D eigenvalue weighted by atomic mass is 19.1. The number of benzene rings is 1. The number of nitrogens with one attached hydrogen (secondary N) is 2. The zero-order chi connectivity index (χ0) is 12.8. The molecule has 0 atom stereocenters. The zero-order valence-electron chi connectivity index (χ0n) is 9.81. The van der Waals surface area contributed by atoms with Crippen molar-refractivity contribution in [1.82, 2.24) is 19.9 Å². The van der Waals surface area contributed by atoms with E-state index in [1.807, 2.05) is 12.3 Å². The maximum absolute atomic E-state index is 13.8. The molecule has 4 rings (SSSR count). The van der Waals surface area contributed by atoms with Crippen LogP contribution >= 0.6 is 0 Å². The van der Waals surface area contributed by atoms with Gasteiger partial charge in [-0.15, -0.1) is 0 Å². The molecule has 0 fully saturated rings. The molecule has 0 unspecified atom stereocenters. The molecular weight excluding hydrogens is 243 g/mol. The molecule has 0 radical (unpaired) electrons. The van der Waals surface area contributed by atoms with E-state index in [-0.39, 0.29) is 5.82 Å². The molecule has 92 valence electrons. The largest absolute Gasteiger partial charge is 0.346 e. The van der Waals surface area contributed by atoms with E-state index in [0.29, 0.717) is 11.4 Å². The lowest BCUT2D eigenvalue weighted by Gasteiger charge is -1.96. The van der Waals surface area contributed by atoms with Crippen LogP contribution in [0.3, 0.4) is 0 Å². The third kappa shape index (κ3) is 1.45. The first kappa shape index (κ1) is 10.3. The Labute approximate surface area is 107 Å². The number of imidazole rings is 1. The summed E-state index contributed by atoms with van der Waals surface area (Å²) in [5, 5.41) is 0.927. The highest BCUT2D eigenvalue weighted by Gasteiger charge is 2.12. The summed E-state index contributed by atoms with van der Waals surface area (Å²) in [6.45, 7) is 0. The molecule has 0 amide bonds. The number of halogens is 1. The van der Waals surface area contributed by atoms with Crippen molar-refractivity contribution in [2.24, 2.45) is 0 Å². The summed E-state index contributed by atoms with van der Waals surface area (Å²) in [5.74, 6) is 0.225.